The van der Waals surface area contributed by atoms with E-state index in [1.807, 2.05) is 45.9 Å². The molecule has 0 unspecified atom stereocenters. The molecule has 0 aliphatic rings. The van der Waals surface area contributed by atoms with Gasteiger partial charge in [0.05, 0.1) is 4.90 Å². The monoisotopic (exact) mass is 516 g/mol. The van der Waals surface area contributed by atoms with Crippen molar-refractivity contribution >= 4 is 43.2 Å². The number of aryl methyl sites for hydroxylation is 4. The van der Waals surface area contributed by atoms with Crippen LogP contribution in [0.5, 0.6) is 5.75 Å². The molecule has 2 N–H and O–H groups in total. The topological polar surface area (TPSA) is 84.5 Å². The van der Waals surface area contributed by atoms with Crippen LogP contribution < -0.4 is 14.8 Å². The van der Waals surface area contributed by atoms with Gasteiger partial charge in [-0.05, 0) is 98.5 Å². The van der Waals surface area contributed by atoms with Gasteiger partial charge in [0.1, 0.15) is 5.75 Å². The van der Waals surface area contributed by atoms with E-state index in [1.165, 1.54) is 12.1 Å². The molecule has 0 aliphatic heterocycles. The van der Waals surface area contributed by atoms with Crippen LogP contribution in [0.4, 0.5) is 11.4 Å². The van der Waals surface area contributed by atoms with Crippen LogP contribution in [0.25, 0.3) is 0 Å². The van der Waals surface area contributed by atoms with Crippen LogP contribution in [0.2, 0.25) is 0 Å². The van der Waals surface area contributed by atoms with Crippen LogP contribution in [-0.2, 0) is 14.8 Å². The van der Waals surface area contributed by atoms with Gasteiger partial charge in [-0.1, -0.05) is 22.0 Å². The molecule has 0 aliphatic carbocycles. The maximum absolute atomic E-state index is 12.7. The zero-order chi connectivity index (χ0) is 23.5. The molecule has 0 heterocycles. The largest absolute Gasteiger partial charge is 0.483 e. The fourth-order valence-corrected chi connectivity index (χ4v) is 5.15. The molecule has 0 saturated carbocycles. The number of ether oxygens (including phenoxy) is 1. The van der Waals surface area contributed by atoms with Crippen LogP contribution >= 0.6 is 15.9 Å². The molecule has 8 heteroatoms. The van der Waals surface area contributed by atoms with E-state index in [0.29, 0.717) is 17.1 Å². The van der Waals surface area contributed by atoms with Crippen LogP contribution in [0, 0.1) is 27.7 Å². The molecule has 0 spiro atoms. The number of benzene rings is 3. The summed E-state index contributed by atoms with van der Waals surface area (Å²) in [5, 5.41) is 2.72. The Bertz CT molecular complexity index is 1210. The normalized spacial score (nSPS) is 11.2. The second kappa shape index (κ2) is 9.75. The molecule has 0 saturated heterocycles. The first kappa shape index (κ1) is 23.8. The van der Waals surface area contributed by atoms with Crippen molar-refractivity contribution in [3.8, 4) is 5.75 Å². The van der Waals surface area contributed by atoms with Gasteiger partial charge in [-0.2, -0.15) is 0 Å². The van der Waals surface area contributed by atoms with Crippen molar-refractivity contribution < 1.29 is 17.9 Å². The minimum Gasteiger partial charge on any atom is -0.483 e. The number of rotatable bonds is 7. The first-order valence-corrected chi connectivity index (χ1v) is 12.2. The minimum atomic E-state index is -3.74. The van der Waals surface area contributed by atoms with Crippen molar-refractivity contribution in [3.05, 3.63) is 81.3 Å². The molecule has 0 radical (unpaired) electrons. The molecule has 0 bridgehead atoms. The molecule has 3 rings (SSSR count). The number of nitrogens with one attached hydrogen (secondary N) is 2. The van der Waals surface area contributed by atoms with Crippen LogP contribution in [0.1, 0.15) is 22.3 Å². The molecule has 0 aromatic heterocycles. The number of hydrogen-bond acceptors (Lipinski definition) is 4. The van der Waals surface area contributed by atoms with E-state index in [-0.39, 0.29) is 17.4 Å². The van der Waals surface area contributed by atoms with Crippen molar-refractivity contribution in [1.29, 1.82) is 0 Å². The van der Waals surface area contributed by atoms with Gasteiger partial charge >= 0.3 is 0 Å². The average Bonchev–Trinajstić information content (AvgIpc) is 2.66. The van der Waals surface area contributed by atoms with E-state index in [9.17, 15) is 13.2 Å². The summed E-state index contributed by atoms with van der Waals surface area (Å²) in [6, 6.07) is 15.3. The van der Waals surface area contributed by atoms with E-state index in [2.05, 4.69) is 26.0 Å². The Labute approximate surface area is 197 Å². The smallest absolute Gasteiger partial charge is 0.262 e. The molecule has 0 fully saturated rings. The van der Waals surface area contributed by atoms with E-state index < -0.39 is 10.0 Å². The van der Waals surface area contributed by atoms with E-state index in [4.69, 9.17) is 4.74 Å². The first-order chi connectivity index (χ1) is 15.0. The van der Waals surface area contributed by atoms with Gasteiger partial charge in [-0.15, -0.1) is 0 Å². The highest BCUT2D eigenvalue weighted by Gasteiger charge is 2.15. The molecule has 168 valence electrons. The maximum atomic E-state index is 12.7. The van der Waals surface area contributed by atoms with Crippen LogP contribution in [0.3, 0.4) is 0 Å². The highest BCUT2D eigenvalue weighted by Crippen LogP contribution is 2.27. The standard InChI is InChI=1S/C24H25BrN2O4S/c1-15-9-16(2)11-21(10-15)27-32(29,30)22-7-5-20(6-8-22)26-23(28)14-31-24-17(3)12-19(25)13-18(24)4/h5-13,27H,14H2,1-4H3,(H,26,28). The predicted molar refractivity (Wildman–Crippen MR) is 131 cm³/mol. The lowest BCUT2D eigenvalue weighted by Crippen LogP contribution is -2.20. The quantitative estimate of drug-likeness (QED) is 0.434. The van der Waals surface area contributed by atoms with Gasteiger partial charge in [-0.3, -0.25) is 9.52 Å². The van der Waals surface area contributed by atoms with Gasteiger partial charge in [0, 0.05) is 15.8 Å². The molecular formula is C24H25BrN2O4S. The molecule has 6 nitrogen and oxygen atoms in total. The highest BCUT2D eigenvalue weighted by molar-refractivity contribution is 9.10. The first-order valence-electron chi connectivity index (χ1n) is 9.94. The fourth-order valence-electron chi connectivity index (χ4n) is 3.42. The van der Waals surface area contributed by atoms with Crippen LogP contribution in [-0.4, -0.2) is 20.9 Å². The molecule has 0 atom stereocenters. The van der Waals surface area contributed by atoms with Gasteiger partial charge in [0.15, 0.2) is 6.61 Å². The summed E-state index contributed by atoms with van der Waals surface area (Å²) in [6.45, 7) is 7.49. The minimum absolute atomic E-state index is 0.104. The second-order valence-electron chi connectivity index (χ2n) is 7.71. The molecule has 32 heavy (non-hydrogen) atoms. The van der Waals surface area contributed by atoms with Crippen molar-refractivity contribution in [2.24, 2.45) is 0 Å². The Kier molecular flexibility index (Phi) is 7.26. The fraction of sp³-hybridized carbons (Fsp3) is 0.208. The van der Waals surface area contributed by atoms with E-state index >= 15 is 0 Å². The highest BCUT2D eigenvalue weighted by atomic mass is 79.9. The van der Waals surface area contributed by atoms with Gasteiger partial charge in [0.2, 0.25) is 0 Å². The number of amides is 1. The summed E-state index contributed by atoms with van der Waals surface area (Å²) in [7, 11) is -3.74. The summed E-state index contributed by atoms with van der Waals surface area (Å²) in [6.07, 6.45) is 0. The van der Waals surface area contributed by atoms with Gasteiger partial charge < -0.3 is 10.1 Å². The Morgan fingerprint density at radius 1 is 0.875 bits per heavy atom. The van der Waals surface area contributed by atoms with Crippen molar-refractivity contribution in [3.63, 3.8) is 0 Å². The lowest BCUT2D eigenvalue weighted by molar-refractivity contribution is -0.118. The van der Waals surface area contributed by atoms with Crippen LogP contribution in [0.15, 0.2) is 64.0 Å². The molecule has 3 aromatic carbocycles. The number of sulfonamides is 1. The third-order valence-electron chi connectivity index (χ3n) is 4.69. The second-order valence-corrected chi connectivity index (χ2v) is 10.3. The molecule has 3 aromatic rings. The number of carbonyl (C=O) groups is 1. The van der Waals surface area contributed by atoms with Gasteiger partial charge in [-0.25, -0.2) is 8.42 Å². The van der Waals surface area contributed by atoms with E-state index in [1.54, 1.807) is 24.3 Å². The Morgan fingerprint density at radius 3 is 2.00 bits per heavy atom. The summed E-state index contributed by atoms with van der Waals surface area (Å²) in [5.74, 6) is 0.331. The average molecular weight is 517 g/mol. The Morgan fingerprint density at radius 2 is 1.44 bits per heavy atom. The summed E-state index contributed by atoms with van der Waals surface area (Å²) < 4.78 is 34.6. The lowest BCUT2D eigenvalue weighted by Gasteiger charge is -2.13. The number of halogens is 1. The third kappa shape index (κ3) is 6.11. The van der Waals surface area contributed by atoms with Crippen molar-refractivity contribution in [1.82, 2.24) is 0 Å². The number of hydrogen-bond donors (Lipinski definition) is 2. The van der Waals surface area contributed by atoms with Gasteiger partial charge in [0.25, 0.3) is 15.9 Å². The lowest BCUT2D eigenvalue weighted by atomic mass is 10.1. The zero-order valence-electron chi connectivity index (χ0n) is 18.3. The zero-order valence-corrected chi connectivity index (χ0v) is 20.7. The Balaban J connectivity index is 1.63. The predicted octanol–water partition coefficient (Wildman–Crippen LogP) is 5.50. The van der Waals surface area contributed by atoms with E-state index in [0.717, 1.165) is 26.7 Å². The summed E-state index contributed by atoms with van der Waals surface area (Å²) in [5.41, 5.74) is 4.78. The Hall–Kier alpha value is -2.84. The SMILES string of the molecule is Cc1cc(C)cc(NS(=O)(=O)c2ccc(NC(=O)COc3c(C)cc(Br)cc3C)cc2)c1. The molecule has 1 amide bonds. The summed E-state index contributed by atoms with van der Waals surface area (Å²) >= 11 is 3.43. The van der Waals surface area contributed by atoms with Crippen molar-refractivity contribution in [2.75, 3.05) is 16.6 Å². The van der Waals surface area contributed by atoms with Crippen molar-refractivity contribution in [2.45, 2.75) is 32.6 Å². The third-order valence-corrected chi connectivity index (χ3v) is 6.55. The number of carbonyl (C=O) groups excluding carboxylic acids is 1. The number of anilines is 2. The maximum Gasteiger partial charge on any atom is 0.262 e. The molecular weight excluding hydrogens is 492 g/mol. The summed E-state index contributed by atoms with van der Waals surface area (Å²) in [4.78, 5) is 12.4.